The summed E-state index contributed by atoms with van der Waals surface area (Å²) < 4.78 is 2.39. The van der Waals surface area contributed by atoms with Gasteiger partial charge in [0.25, 0.3) is 5.70 Å². The molecule has 3 rings (SSSR count). The maximum Gasteiger partial charge on any atom is 0.275 e. The minimum atomic E-state index is 0.496. The Morgan fingerprint density at radius 2 is 1.79 bits per heavy atom. The molecule has 0 spiro atoms. The summed E-state index contributed by atoms with van der Waals surface area (Å²) in [6, 6.07) is 20.8. The van der Waals surface area contributed by atoms with Crippen molar-refractivity contribution >= 4 is 40.9 Å². The van der Waals surface area contributed by atoms with Gasteiger partial charge in [-0.05, 0) is 28.8 Å². The summed E-state index contributed by atoms with van der Waals surface area (Å²) >= 11 is 7.02. The summed E-state index contributed by atoms with van der Waals surface area (Å²) in [7, 11) is 0. The lowest BCUT2D eigenvalue weighted by atomic mass is 10.1. The van der Waals surface area contributed by atoms with E-state index in [1.807, 2.05) is 43.6 Å². The lowest BCUT2D eigenvalue weighted by molar-refractivity contribution is -0.577. The van der Waals surface area contributed by atoms with Crippen molar-refractivity contribution in [2.75, 3.05) is 0 Å². The van der Waals surface area contributed by atoms with Crippen LogP contribution in [0.5, 0.6) is 0 Å². The van der Waals surface area contributed by atoms with Crippen molar-refractivity contribution in [2.24, 2.45) is 0 Å². The molecule has 2 aromatic carbocycles. The maximum absolute atomic E-state index is 9.48. The van der Waals surface area contributed by atoms with Gasteiger partial charge >= 0.3 is 0 Å². The van der Waals surface area contributed by atoms with Crippen LogP contribution in [0.1, 0.15) is 11.1 Å². The molecule has 118 valence electrons. The van der Waals surface area contributed by atoms with Crippen LogP contribution in [0.3, 0.4) is 0 Å². The monoisotopic (exact) mass is 348 g/mol. The number of benzene rings is 2. The normalized spacial score (nSPS) is 11.8. The van der Waals surface area contributed by atoms with E-state index in [4.69, 9.17) is 12.6 Å². The fourth-order valence-corrected chi connectivity index (χ4v) is 3.64. The van der Waals surface area contributed by atoms with Crippen LogP contribution in [-0.4, -0.2) is 0 Å². The summed E-state index contributed by atoms with van der Waals surface area (Å²) in [6.45, 7) is 2.02. The number of thioether (sulfide) groups is 1. The first kappa shape index (κ1) is 16.5. The van der Waals surface area contributed by atoms with Crippen LogP contribution >= 0.6 is 11.8 Å². The van der Waals surface area contributed by atoms with E-state index in [9.17, 15) is 5.26 Å². The van der Waals surface area contributed by atoms with Gasteiger partial charge < -0.3 is 12.6 Å². The molecular formula is C20H16N2S2. The third-order valence-corrected chi connectivity index (χ3v) is 5.25. The highest BCUT2D eigenvalue weighted by molar-refractivity contribution is 8.10. The lowest BCUT2D eigenvalue weighted by Gasteiger charge is -2.12. The van der Waals surface area contributed by atoms with E-state index >= 15 is 0 Å². The van der Waals surface area contributed by atoms with Gasteiger partial charge in [0.15, 0.2) is 18.5 Å². The van der Waals surface area contributed by atoms with Crippen molar-refractivity contribution in [1.29, 1.82) is 5.26 Å². The minimum Gasteiger partial charge on any atom is -0.766 e. The summed E-state index contributed by atoms with van der Waals surface area (Å²) in [5.74, 6) is 0.748. The molecule has 1 heterocycles. The highest BCUT2D eigenvalue weighted by Crippen LogP contribution is 2.27. The zero-order valence-corrected chi connectivity index (χ0v) is 14.9. The number of aryl methyl sites for hydroxylation is 1. The molecule has 0 fully saturated rings. The lowest BCUT2D eigenvalue weighted by Crippen LogP contribution is -2.31. The molecule has 0 bridgehead atoms. The topological polar surface area (TPSA) is 27.7 Å². The van der Waals surface area contributed by atoms with Gasteiger partial charge in [0.05, 0.1) is 0 Å². The van der Waals surface area contributed by atoms with Gasteiger partial charge in [0.2, 0.25) is 0 Å². The van der Waals surface area contributed by atoms with Crippen LogP contribution in [0.2, 0.25) is 0 Å². The Kier molecular flexibility index (Phi) is 5.14. The van der Waals surface area contributed by atoms with Gasteiger partial charge in [-0.1, -0.05) is 46.7 Å². The molecule has 0 aliphatic heterocycles. The molecule has 4 heteroatoms. The van der Waals surface area contributed by atoms with Crippen LogP contribution in [0, 0.1) is 18.3 Å². The van der Waals surface area contributed by atoms with E-state index in [2.05, 4.69) is 36.4 Å². The fourth-order valence-electron chi connectivity index (χ4n) is 2.49. The van der Waals surface area contributed by atoms with Gasteiger partial charge in [-0.15, -0.1) is 11.8 Å². The number of nitrogens with zero attached hydrogens (tertiary/aromatic N) is 2. The van der Waals surface area contributed by atoms with Crippen LogP contribution in [0.4, 0.5) is 0 Å². The van der Waals surface area contributed by atoms with Crippen LogP contribution in [0.25, 0.3) is 16.5 Å². The summed E-state index contributed by atoms with van der Waals surface area (Å²) in [4.78, 5) is 0. The first-order valence-corrected chi connectivity index (χ1v) is 8.97. The molecular weight excluding hydrogens is 332 g/mol. The molecule has 0 saturated heterocycles. The van der Waals surface area contributed by atoms with E-state index in [-0.39, 0.29) is 0 Å². The standard InChI is InChI=1S/C20H16N2S2/c1-15-9-11-22(12-10-15)19(13-21)20(23)24-14-17-7-4-6-16-5-2-3-8-18(16)17/h2-12H,14H2,1H3. The van der Waals surface area contributed by atoms with Gasteiger partial charge in [-0.25, -0.2) is 0 Å². The number of pyridine rings is 1. The highest BCUT2D eigenvalue weighted by Gasteiger charge is 2.10. The van der Waals surface area contributed by atoms with Crippen LogP contribution in [0.15, 0.2) is 71.2 Å². The number of hydrogen-bond donors (Lipinski definition) is 0. The van der Waals surface area contributed by atoms with Gasteiger partial charge in [-0.2, -0.15) is 9.83 Å². The number of aromatic nitrogens is 1. The molecule has 3 aromatic rings. The van der Waals surface area contributed by atoms with E-state index in [1.54, 1.807) is 4.57 Å². The maximum atomic E-state index is 9.48. The third kappa shape index (κ3) is 3.59. The van der Waals surface area contributed by atoms with E-state index < -0.39 is 0 Å². The summed E-state index contributed by atoms with van der Waals surface area (Å²) in [5.41, 5.74) is 2.87. The van der Waals surface area contributed by atoms with Gasteiger partial charge in [0.1, 0.15) is 0 Å². The second-order valence-electron chi connectivity index (χ2n) is 5.46. The predicted molar refractivity (Wildman–Crippen MR) is 103 cm³/mol. The van der Waals surface area contributed by atoms with Crippen molar-refractivity contribution in [1.82, 2.24) is 0 Å². The van der Waals surface area contributed by atoms with Crippen molar-refractivity contribution in [2.45, 2.75) is 12.7 Å². The number of hydrogen-bond acceptors (Lipinski definition) is 3. The van der Waals surface area contributed by atoms with E-state index in [0.717, 1.165) is 11.3 Å². The van der Waals surface area contributed by atoms with Crippen molar-refractivity contribution < 1.29 is 4.57 Å². The molecule has 0 unspecified atom stereocenters. The van der Waals surface area contributed by atoms with E-state index in [1.165, 1.54) is 28.1 Å². The summed E-state index contributed by atoms with van der Waals surface area (Å²) in [5, 5.41) is 11.9. The van der Waals surface area contributed by atoms with Crippen LogP contribution < -0.4 is 4.57 Å². The number of allylic oxidation sites excluding steroid dienone is 1. The Bertz CT molecular complexity index is 933. The summed E-state index contributed by atoms with van der Waals surface area (Å²) in [6.07, 6.45) is 3.75. The molecule has 24 heavy (non-hydrogen) atoms. The molecule has 0 radical (unpaired) electrons. The molecule has 1 aromatic heterocycles. The Morgan fingerprint density at radius 1 is 1.08 bits per heavy atom. The van der Waals surface area contributed by atoms with Crippen molar-refractivity contribution in [3.63, 3.8) is 0 Å². The first-order chi connectivity index (χ1) is 11.7. The zero-order chi connectivity index (χ0) is 16.9. The zero-order valence-electron chi connectivity index (χ0n) is 13.3. The molecule has 0 N–H and O–H groups in total. The van der Waals surface area contributed by atoms with Crippen molar-refractivity contribution in [3.05, 3.63) is 82.4 Å². The van der Waals surface area contributed by atoms with E-state index in [0.29, 0.717) is 9.93 Å². The Labute approximate surface area is 151 Å². The molecule has 0 saturated carbocycles. The quantitative estimate of drug-likeness (QED) is 0.393. The molecule has 0 aliphatic carbocycles. The fraction of sp³-hybridized carbons (Fsp3) is 0.100. The molecule has 0 amide bonds. The largest absolute Gasteiger partial charge is 0.766 e. The van der Waals surface area contributed by atoms with Gasteiger partial charge in [-0.3, -0.25) is 0 Å². The van der Waals surface area contributed by atoms with Crippen molar-refractivity contribution in [3.8, 4) is 6.07 Å². The third-order valence-electron chi connectivity index (χ3n) is 3.79. The van der Waals surface area contributed by atoms with Gasteiger partial charge in [0, 0.05) is 17.9 Å². The SMILES string of the molecule is Cc1cc[n+](C(C#N)=C([S-])SCc2cccc3ccccc23)cc1. The number of fused-ring (bicyclic) bond motifs is 1. The highest BCUT2D eigenvalue weighted by atomic mass is 32.2. The predicted octanol–water partition coefficient (Wildman–Crippen LogP) is 4.57. The smallest absolute Gasteiger partial charge is 0.275 e. The Hall–Kier alpha value is -2.35. The Morgan fingerprint density at radius 3 is 2.54 bits per heavy atom. The molecule has 0 atom stereocenters. The Balaban J connectivity index is 1.86. The second-order valence-corrected chi connectivity index (χ2v) is 7.11. The first-order valence-electron chi connectivity index (χ1n) is 7.58. The average molecular weight is 348 g/mol. The average Bonchev–Trinajstić information content (AvgIpc) is 2.62. The molecule has 0 aliphatic rings. The van der Waals surface area contributed by atoms with Crippen LogP contribution in [-0.2, 0) is 18.4 Å². The number of nitriles is 1. The minimum absolute atomic E-state index is 0.496. The number of rotatable bonds is 4. The molecule has 2 nitrogen and oxygen atoms in total. The second kappa shape index (κ2) is 7.48.